The second-order valence-corrected chi connectivity index (χ2v) is 6.67. The van der Waals surface area contributed by atoms with Crippen molar-refractivity contribution in [3.05, 3.63) is 51.7 Å². The van der Waals surface area contributed by atoms with Gasteiger partial charge in [-0.2, -0.15) is 5.10 Å². The van der Waals surface area contributed by atoms with E-state index in [4.69, 9.17) is 16.0 Å². The van der Waals surface area contributed by atoms with Gasteiger partial charge in [-0.3, -0.25) is 14.0 Å². The fourth-order valence-electron chi connectivity index (χ4n) is 3.07. The minimum absolute atomic E-state index is 0.112. The van der Waals surface area contributed by atoms with Gasteiger partial charge in [0.05, 0.1) is 23.1 Å². The van der Waals surface area contributed by atoms with Crippen LogP contribution in [0.25, 0.3) is 22.1 Å². The van der Waals surface area contributed by atoms with Crippen molar-refractivity contribution < 1.29 is 9.21 Å². The molecule has 0 saturated carbocycles. The van der Waals surface area contributed by atoms with Crippen molar-refractivity contribution in [2.75, 3.05) is 5.32 Å². The second-order valence-electron chi connectivity index (χ2n) is 6.23. The first-order valence-electron chi connectivity index (χ1n) is 8.30. The number of halogens is 1. The van der Waals surface area contributed by atoms with E-state index in [0.717, 1.165) is 16.7 Å². The summed E-state index contributed by atoms with van der Waals surface area (Å²) in [7, 11) is 1.82. The minimum atomic E-state index is -0.519. The Bertz CT molecular complexity index is 1240. The Kier molecular flexibility index (Phi) is 4.19. The molecule has 9 heteroatoms. The Hall–Kier alpha value is -3.13. The van der Waals surface area contributed by atoms with Gasteiger partial charge < -0.3 is 9.73 Å². The summed E-state index contributed by atoms with van der Waals surface area (Å²) in [5.74, 6) is -0.748. The second kappa shape index (κ2) is 6.55. The number of anilines is 1. The lowest BCUT2D eigenvalue weighted by Gasteiger charge is -2.06. The van der Waals surface area contributed by atoms with Crippen LogP contribution in [0.2, 0.25) is 5.02 Å². The number of nitrogens with one attached hydrogen (secondary N) is 1. The summed E-state index contributed by atoms with van der Waals surface area (Å²) in [5.41, 5.74) is 3.17. The van der Waals surface area contributed by atoms with Crippen molar-refractivity contribution in [1.29, 1.82) is 0 Å². The number of oxazole rings is 1. The molecule has 27 heavy (non-hydrogen) atoms. The molecule has 1 amide bonds. The highest BCUT2D eigenvalue weighted by Crippen LogP contribution is 2.20. The average molecular weight is 386 g/mol. The van der Waals surface area contributed by atoms with Gasteiger partial charge in [0.25, 0.3) is 0 Å². The van der Waals surface area contributed by atoms with Crippen molar-refractivity contribution in [2.45, 2.75) is 19.9 Å². The number of nitrogens with zero attached hydrogens (tertiary/aromatic N) is 4. The summed E-state index contributed by atoms with van der Waals surface area (Å²) in [6.07, 6.45) is 1.70. The van der Waals surface area contributed by atoms with Crippen molar-refractivity contribution >= 4 is 45.3 Å². The first-order valence-corrected chi connectivity index (χ1v) is 8.68. The van der Waals surface area contributed by atoms with E-state index in [1.807, 2.05) is 20.0 Å². The lowest BCUT2D eigenvalue weighted by molar-refractivity contribution is -0.116. The molecule has 3 heterocycles. The van der Waals surface area contributed by atoms with Crippen LogP contribution in [0.4, 0.5) is 5.69 Å². The molecule has 138 valence electrons. The zero-order valence-electron chi connectivity index (χ0n) is 14.7. The van der Waals surface area contributed by atoms with Crippen LogP contribution >= 0.6 is 11.6 Å². The maximum atomic E-state index is 12.3. The highest BCUT2D eigenvalue weighted by atomic mass is 35.5. The van der Waals surface area contributed by atoms with E-state index in [0.29, 0.717) is 21.8 Å². The Labute approximate surface area is 158 Å². The first kappa shape index (κ1) is 17.3. The molecule has 1 aromatic carbocycles. The predicted molar refractivity (Wildman–Crippen MR) is 102 cm³/mol. The number of benzene rings is 1. The van der Waals surface area contributed by atoms with E-state index in [9.17, 15) is 9.59 Å². The number of aryl methyl sites for hydroxylation is 3. The Morgan fingerprint density at radius 1 is 1.33 bits per heavy atom. The van der Waals surface area contributed by atoms with E-state index in [2.05, 4.69) is 15.4 Å². The van der Waals surface area contributed by atoms with Crippen LogP contribution in [-0.4, -0.2) is 25.2 Å². The fraction of sp³-hybridized carbons (Fsp3) is 0.222. The number of aromatic nitrogens is 4. The molecule has 0 aliphatic heterocycles. The number of pyridine rings is 1. The van der Waals surface area contributed by atoms with Crippen molar-refractivity contribution in [1.82, 2.24) is 19.3 Å². The number of carbonyl (C=O) groups excluding carboxylic acids is 1. The number of amides is 1. The molecule has 0 atom stereocenters. The number of rotatable bonds is 4. The molecule has 4 aromatic rings. The van der Waals surface area contributed by atoms with Crippen LogP contribution < -0.4 is 11.1 Å². The minimum Gasteiger partial charge on any atom is -0.408 e. The van der Waals surface area contributed by atoms with Gasteiger partial charge in [0, 0.05) is 36.5 Å². The van der Waals surface area contributed by atoms with Crippen LogP contribution in [0.5, 0.6) is 0 Å². The standard InChI is InChI=1S/C18H16ClN5O3/c1-10-13-8-12(9-20-17(13)23(2)22-10)21-16(25)5-6-24-14-4-3-11(19)7-15(14)27-18(24)26/h3-4,7-9H,5-6H2,1-2H3,(H,21,25). The Balaban J connectivity index is 1.50. The van der Waals surface area contributed by atoms with Crippen molar-refractivity contribution in [3.8, 4) is 0 Å². The molecule has 0 spiro atoms. The Morgan fingerprint density at radius 3 is 2.96 bits per heavy atom. The molecule has 0 aliphatic rings. The van der Waals surface area contributed by atoms with E-state index < -0.39 is 5.76 Å². The van der Waals surface area contributed by atoms with Gasteiger partial charge in [0.15, 0.2) is 11.2 Å². The summed E-state index contributed by atoms with van der Waals surface area (Å²) < 4.78 is 8.27. The molecule has 0 bridgehead atoms. The van der Waals surface area contributed by atoms with Crippen molar-refractivity contribution in [2.24, 2.45) is 7.05 Å². The SMILES string of the molecule is Cc1nn(C)c2ncc(NC(=O)CCn3c(=O)oc4cc(Cl)ccc43)cc12. The highest BCUT2D eigenvalue weighted by Gasteiger charge is 2.13. The molecule has 8 nitrogen and oxygen atoms in total. The number of carbonyl (C=O) groups is 1. The molecule has 0 fully saturated rings. The third-order valence-electron chi connectivity index (χ3n) is 4.34. The molecule has 0 aliphatic carbocycles. The van der Waals surface area contributed by atoms with Gasteiger partial charge in [-0.25, -0.2) is 9.78 Å². The first-order chi connectivity index (χ1) is 12.9. The smallest absolute Gasteiger partial charge is 0.408 e. The summed E-state index contributed by atoms with van der Waals surface area (Å²) in [4.78, 5) is 28.6. The van der Waals surface area contributed by atoms with Crippen molar-refractivity contribution in [3.63, 3.8) is 0 Å². The third kappa shape index (κ3) is 3.19. The van der Waals surface area contributed by atoms with Crippen LogP contribution in [0, 0.1) is 6.92 Å². The topological polar surface area (TPSA) is 95.0 Å². The summed E-state index contributed by atoms with van der Waals surface area (Å²) in [6, 6.07) is 6.78. The zero-order chi connectivity index (χ0) is 19.1. The summed E-state index contributed by atoms with van der Waals surface area (Å²) >= 11 is 5.90. The van der Waals surface area contributed by atoms with E-state index in [1.54, 1.807) is 29.1 Å². The lowest BCUT2D eigenvalue weighted by Crippen LogP contribution is -2.19. The lowest BCUT2D eigenvalue weighted by atomic mass is 10.2. The van der Waals surface area contributed by atoms with Crippen LogP contribution in [0.15, 0.2) is 39.7 Å². The maximum Gasteiger partial charge on any atom is 0.419 e. The molecular formula is C18H16ClN5O3. The molecule has 0 unspecified atom stereocenters. The van der Waals surface area contributed by atoms with Gasteiger partial charge in [-0.1, -0.05) is 11.6 Å². The summed E-state index contributed by atoms with van der Waals surface area (Å²) in [6.45, 7) is 2.08. The number of hydrogen-bond donors (Lipinski definition) is 1. The molecule has 1 N–H and O–H groups in total. The van der Waals surface area contributed by atoms with Gasteiger partial charge in [0.2, 0.25) is 5.91 Å². The zero-order valence-corrected chi connectivity index (χ0v) is 15.4. The fourth-order valence-corrected chi connectivity index (χ4v) is 3.23. The maximum absolute atomic E-state index is 12.3. The highest BCUT2D eigenvalue weighted by molar-refractivity contribution is 6.31. The van der Waals surface area contributed by atoms with Crippen LogP contribution in [-0.2, 0) is 18.4 Å². The quantitative estimate of drug-likeness (QED) is 0.582. The Morgan fingerprint density at radius 2 is 2.15 bits per heavy atom. The molecule has 4 rings (SSSR count). The number of fused-ring (bicyclic) bond motifs is 2. The predicted octanol–water partition coefficient (Wildman–Crippen LogP) is 2.87. The van der Waals surface area contributed by atoms with Gasteiger partial charge in [-0.05, 0) is 25.1 Å². The monoisotopic (exact) mass is 385 g/mol. The molecule has 0 saturated heterocycles. The third-order valence-corrected chi connectivity index (χ3v) is 4.57. The molecule has 3 aromatic heterocycles. The molecular weight excluding hydrogens is 370 g/mol. The van der Waals surface area contributed by atoms with E-state index in [1.165, 1.54) is 4.57 Å². The largest absolute Gasteiger partial charge is 0.419 e. The molecule has 0 radical (unpaired) electrons. The van der Waals surface area contributed by atoms with Gasteiger partial charge >= 0.3 is 5.76 Å². The van der Waals surface area contributed by atoms with Crippen LogP contribution in [0.3, 0.4) is 0 Å². The van der Waals surface area contributed by atoms with E-state index >= 15 is 0 Å². The van der Waals surface area contributed by atoms with Crippen LogP contribution in [0.1, 0.15) is 12.1 Å². The normalized spacial score (nSPS) is 11.4. The summed E-state index contributed by atoms with van der Waals surface area (Å²) in [5, 5.41) is 8.47. The van der Waals surface area contributed by atoms with Gasteiger partial charge in [-0.15, -0.1) is 0 Å². The average Bonchev–Trinajstić information content (AvgIpc) is 3.08. The number of hydrogen-bond acceptors (Lipinski definition) is 5. The van der Waals surface area contributed by atoms with E-state index in [-0.39, 0.29) is 18.9 Å². The van der Waals surface area contributed by atoms with Gasteiger partial charge in [0.1, 0.15) is 0 Å².